The van der Waals surface area contributed by atoms with Crippen LogP contribution in [-0.2, 0) is 4.74 Å². The largest absolute Gasteiger partial charge is 0.404 e. The summed E-state index contributed by atoms with van der Waals surface area (Å²) in [7, 11) is 0. The van der Waals surface area contributed by atoms with Gasteiger partial charge in [0.05, 0.1) is 31.3 Å². The minimum Gasteiger partial charge on any atom is -0.404 e. The molecule has 0 unspecified atom stereocenters. The second-order valence-electron chi connectivity index (χ2n) is 5.09. The van der Waals surface area contributed by atoms with E-state index in [9.17, 15) is 4.79 Å². The van der Waals surface area contributed by atoms with Crippen molar-refractivity contribution in [2.45, 2.75) is 0 Å². The van der Waals surface area contributed by atoms with Gasteiger partial charge < -0.3 is 9.57 Å². The Morgan fingerprint density at radius 2 is 1.83 bits per heavy atom. The molecule has 0 radical (unpaired) electrons. The molecule has 0 amide bonds. The molecule has 0 spiro atoms. The molecule has 3 rings (SSSR count). The molecule has 0 aromatic heterocycles. The zero-order valence-corrected chi connectivity index (χ0v) is 13.8. The molecule has 2 aromatic rings. The van der Waals surface area contributed by atoms with E-state index in [1.54, 1.807) is 47.5 Å². The van der Waals surface area contributed by atoms with Crippen LogP contribution in [0.5, 0.6) is 5.75 Å². The van der Waals surface area contributed by atoms with E-state index in [0.717, 1.165) is 0 Å². The predicted octanol–water partition coefficient (Wildman–Crippen LogP) is 3.85. The van der Waals surface area contributed by atoms with E-state index in [2.05, 4.69) is 0 Å². The van der Waals surface area contributed by atoms with Gasteiger partial charge in [0.2, 0.25) is 0 Å². The molecule has 1 saturated heterocycles. The number of nitrogens with zero attached hydrogens (tertiary/aromatic N) is 1. The van der Waals surface area contributed by atoms with Crippen molar-refractivity contribution in [3.63, 3.8) is 0 Å². The van der Waals surface area contributed by atoms with Crippen molar-refractivity contribution >= 4 is 29.0 Å². The fraction of sp³-hybridized carbons (Fsp3) is 0.235. The third-order valence-electron chi connectivity index (χ3n) is 3.49. The smallest absolute Gasteiger partial charge is 0.194 e. The Kier molecular flexibility index (Phi) is 5.18. The lowest BCUT2D eigenvalue weighted by Gasteiger charge is -2.26. The number of hydrogen-bond donors (Lipinski definition) is 0. The van der Waals surface area contributed by atoms with Crippen LogP contribution in [0.2, 0.25) is 10.0 Å². The first-order chi connectivity index (χ1) is 11.1. The Morgan fingerprint density at radius 1 is 1.09 bits per heavy atom. The van der Waals surface area contributed by atoms with Gasteiger partial charge in [-0.15, -0.1) is 5.06 Å². The number of hydroxylamine groups is 2. The monoisotopic (exact) mass is 351 g/mol. The molecule has 120 valence electrons. The second kappa shape index (κ2) is 7.32. The first-order valence-corrected chi connectivity index (χ1v) is 8.00. The molecule has 0 bridgehead atoms. The third kappa shape index (κ3) is 3.85. The molecular formula is C17H15Cl2NO3. The molecule has 0 saturated carbocycles. The Morgan fingerprint density at radius 3 is 2.57 bits per heavy atom. The summed E-state index contributed by atoms with van der Waals surface area (Å²) < 4.78 is 5.28. The van der Waals surface area contributed by atoms with Crippen LogP contribution in [0.1, 0.15) is 15.9 Å². The molecule has 6 heteroatoms. The fourth-order valence-electron chi connectivity index (χ4n) is 2.32. The molecule has 0 aliphatic carbocycles. The molecule has 1 fully saturated rings. The van der Waals surface area contributed by atoms with Gasteiger partial charge in [0.1, 0.15) is 0 Å². The van der Waals surface area contributed by atoms with Gasteiger partial charge in [-0.2, -0.15) is 0 Å². The summed E-state index contributed by atoms with van der Waals surface area (Å²) in [5, 5.41) is 2.58. The van der Waals surface area contributed by atoms with Crippen LogP contribution in [0.15, 0.2) is 42.5 Å². The molecule has 1 aliphatic rings. The van der Waals surface area contributed by atoms with Crippen LogP contribution in [0.3, 0.4) is 0 Å². The Labute approximate surface area is 144 Å². The Bertz CT molecular complexity index is 715. The van der Waals surface area contributed by atoms with Gasteiger partial charge in [0.25, 0.3) is 0 Å². The van der Waals surface area contributed by atoms with Crippen molar-refractivity contribution in [1.29, 1.82) is 0 Å². The van der Waals surface area contributed by atoms with E-state index in [4.69, 9.17) is 32.8 Å². The Hall–Kier alpha value is -1.59. The second-order valence-corrected chi connectivity index (χ2v) is 5.90. The van der Waals surface area contributed by atoms with Crippen LogP contribution in [0.25, 0.3) is 0 Å². The molecule has 1 heterocycles. The minimum atomic E-state index is -0.190. The lowest BCUT2D eigenvalue weighted by atomic mass is 10.0. The molecule has 0 atom stereocenters. The van der Waals surface area contributed by atoms with Crippen LogP contribution >= 0.6 is 23.2 Å². The average molecular weight is 352 g/mol. The number of carbonyl (C=O) groups excluding carboxylic acids is 1. The minimum absolute atomic E-state index is 0.190. The van der Waals surface area contributed by atoms with Crippen molar-refractivity contribution in [1.82, 2.24) is 5.06 Å². The number of benzene rings is 2. The highest BCUT2D eigenvalue weighted by Crippen LogP contribution is 2.30. The summed E-state index contributed by atoms with van der Waals surface area (Å²) in [4.78, 5) is 18.4. The summed E-state index contributed by atoms with van der Waals surface area (Å²) in [6.07, 6.45) is 0. The van der Waals surface area contributed by atoms with Crippen LogP contribution in [0.4, 0.5) is 0 Å². The normalized spacial score (nSPS) is 15.4. The molecule has 4 nitrogen and oxygen atoms in total. The summed E-state index contributed by atoms with van der Waals surface area (Å²) in [5.74, 6) is 0.270. The highest BCUT2D eigenvalue weighted by Gasteiger charge is 2.19. The molecular weight excluding hydrogens is 337 g/mol. The molecule has 1 aliphatic heterocycles. The molecule has 23 heavy (non-hydrogen) atoms. The number of ketones is 1. The zero-order chi connectivity index (χ0) is 16.2. The van der Waals surface area contributed by atoms with Gasteiger partial charge >= 0.3 is 0 Å². The van der Waals surface area contributed by atoms with Crippen LogP contribution in [0, 0.1) is 0 Å². The highest BCUT2D eigenvalue weighted by atomic mass is 35.5. The van der Waals surface area contributed by atoms with Crippen molar-refractivity contribution < 1.29 is 14.4 Å². The average Bonchev–Trinajstić information content (AvgIpc) is 2.57. The maximum atomic E-state index is 12.6. The van der Waals surface area contributed by atoms with E-state index >= 15 is 0 Å². The number of hydrogen-bond acceptors (Lipinski definition) is 4. The van der Waals surface area contributed by atoms with Crippen molar-refractivity contribution in [3.05, 3.63) is 63.6 Å². The first-order valence-electron chi connectivity index (χ1n) is 7.24. The van der Waals surface area contributed by atoms with E-state index in [1.807, 2.05) is 0 Å². The van der Waals surface area contributed by atoms with Gasteiger partial charge in [-0.3, -0.25) is 4.79 Å². The maximum absolute atomic E-state index is 12.6. The zero-order valence-electron chi connectivity index (χ0n) is 12.3. The van der Waals surface area contributed by atoms with Crippen molar-refractivity contribution in [2.24, 2.45) is 0 Å². The maximum Gasteiger partial charge on any atom is 0.194 e. The summed E-state index contributed by atoms with van der Waals surface area (Å²) >= 11 is 12.3. The number of morpholine rings is 1. The van der Waals surface area contributed by atoms with Crippen molar-refractivity contribution in [3.8, 4) is 5.75 Å². The van der Waals surface area contributed by atoms with Crippen LogP contribution in [-0.4, -0.2) is 37.1 Å². The quantitative estimate of drug-likeness (QED) is 0.784. The van der Waals surface area contributed by atoms with Gasteiger partial charge in [0.15, 0.2) is 11.5 Å². The summed E-state index contributed by atoms with van der Waals surface area (Å²) in [5.41, 5.74) is 0.877. The van der Waals surface area contributed by atoms with Crippen LogP contribution < -0.4 is 4.84 Å². The summed E-state index contributed by atoms with van der Waals surface area (Å²) in [6.45, 7) is 2.53. The highest BCUT2D eigenvalue weighted by molar-refractivity contribution is 6.36. The number of rotatable bonds is 4. The van der Waals surface area contributed by atoms with E-state index < -0.39 is 0 Å². The fourth-order valence-corrected chi connectivity index (χ4v) is 2.76. The Balaban J connectivity index is 1.85. The van der Waals surface area contributed by atoms with Crippen molar-refractivity contribution in [2.75, 3.05) is 26.3 Å². The molecule has 0 N–H and O–H groups in total. The number of ether oxygens (including phenoxy) is 1. The number of carbonyl (C=O) groups is 1. The predicted molar refractivity (Wildman–Crippen MR) is 89.4 cm³/mol. The lowest BCUT2D eigenvalue weighted by molar-refractivity contribution is -0.118. The lowest BCUT2D eigenvalue weighted by Crippen LogP contribution is -2.38. The van der Waals surface area contributed by atoms with Gasteiger partial charge in [0, 0.05) is 16.1 Å². The van der Waals surface area contributed by atoms with E-state index in [-0.39, 0.29) is 5.78 Å². The van der Waals surface area contributed by atoms with E-state index in [0.29, 0.717) is 53.2 Å². The SMILES string of the molecule is O=C(c1cccc(Cl)c1)c1cccc(ON2CCOCC2)c1Cl. The number of halogens is 2. The van der Waals surface area contributed by atoms with Gasteiger partial charge in [-0.05, 0) is 24.3 Å². The molecule has 2 aromatic carbocycles. The standard InChI is InChI=1S/C17H15Cl2NO3/c18-13-4-1-3-12(11-13)17(21)14-5-2-6-15(16(14)19)23-20-7-9-22-10-8-20/h1-6,11H,7-10H2. The van der Waals surface area contributed by atoms with E-state index in [1.165, 1.54) is 0 Å². The topological polar surface area (TPSA) is 38.8 Å². The summed E-state index contributed by atoms with van der Waals surface area (Å²) in [6, 6.07) is 12.0. The van der Waals surface area contributed by atoms with Gasteiger partial charge in [-0.1, -0.05) is 41.4 Å². The first kappa shape index (κ1) is 16.3. The van der Waals surface area contributed by atoms with Gasteiger partial charge in [-0.25, -0.2) is 0 Å². The third-order valence-corrected chi connectivity index (χ3v) is 4.12.